The highest BCUT2D eigenvalue weighted by Crippen LogP contribution is 2.41. The Balaban J connectivity index is 1.52. The Kier molecular flexibility index (Phi) is 8.51. The highest BCUT2D eigenvalue weighted by Gasteiger charge is 2.54. The number of β-lactam (4-membered cyclic amide) rings is 1. The first-order valence-electron chi connectivity index (χ1n) is 11.6. The van der Waals surface area contributed by atoms with Gasteiger partial charge in [0.2, 0.25) is 11.6 Å². The first kappa shape index (κ1) is 28.4. The molecule has 2 atom stereocenters. The Morgan fingerprint density at radius 3 is 2.74 bits per heavy atom. The lowest BCUT2D eigenvalue weighted by molar-refractivity contribution is -0.700. The minimum absolute atomic E-state index is 0.0865. The Hall–Kier alpha value is -3.57. The van der Waals surface area contributed by atoms with Crippen molar-refractivity contribution in [2.45, 2.75) is 23.5 Å². The van der Waals surface area contributed by atoms with E-state index in [1.54, 1.807) is 18.4 Å². The first-order chi connectivity index (χ1) is 18.5. The van der Waals surface area contributed by atoms with Crippen LogP contribution in [0.3, 0.4) is 0 Å². The number of rotatable bonds is 10. The highest BCUT2D eigenvalue weighted by molar-refractivity contribution is 8.01. The third kappa shape index (κ3) is 5.74. The molecular weight excluding hydrogens is 567 g/mol. The maximum atomic E-state index is 13.1. The fraction of sp³-hybridized carbons (Fsp3) is 0.409. The average Bonchev–Trinajstić information content (AvgIpc) is 3.32. The monoisotopic (exact) mass is 594 g/mol. The van der Waals surface area contributed by atoms with Crippen LogP contribution >= 0.6 is 34.9 Å². The zero-order chi connectivity index (χ0) is 28.4. The molecule has 2 amide bonds. The van der Waals surface area contributed by atoms with E-state index >= 15 is 0 Å². The summed E-state index contributed by atoms with van der Waals surface area (Å²) in [6.45, 7) is 1.93. The summed E-state index contributed by atoms with van der Waals surface area (Å²) in [6, 6.07) is 0.804. The first-order valence-corrected chi connectivity index (χ1v) is 14.5. The predicted molar refractivity (Wildman–Crippen MR) is 149 cm³/mol. The van der Waals surface area contributed by atoms with Crippen LogP contribution < -0.4 is 26.3 Å². The van der Waals surface area contributed by atoms with E-state index in [-0.39, 0.29) is 34.6 Å². The number of carbonyl (C=O) groups excluding carboxylic acids is 2. The van der Waals surface area contributed by atoms with E-state index < -0.39 is 29.2 Å². The van der Waals surface area contributed by atoms with Gasteiger partial charge in [-0.1, -0.05) is 10.1 Å². The number of carboxylic acid groups (broad SMARTS) is 1. The molecule has 39 heavy (non-hydrogen) atoms. The molecular formula is C22H28N9O5S3+. The molecule has 2 aromatic rings. The van der Waals surface area contributed by atoms with Crippen LogP contribution in [0.1, 0.15) is 12.6 Å². The van der Waals surface area contributed by atoms with E-state index in [0.717, 1.165) is 17.2 Å². The second-order valence-corrected chi connectivity index (χ2v) is 11.5. The van der Waals surface area contributed by atoms with Gasteiger partial charge in [-0.2, -0.15) is 0 Å². The maximum Gasteiger partial charge on any atom is 0.352 e. The van der Waals surface area contributed by atoms with Crippen molar-refractivity contribution in [1.82, 2.24) is 20.2 Å². The number of hydrogen-bond acceptors (Lipinski definition) is 13. The van der Waals surface area contributed by atoms with E-state index in [1.807, 2.05) is 30.6 Å². The minimum Gasteiger partial charge on any atom is -0.477 e. The Bertz CT molecular complexity index is 1380. The Labute approximate surface area is 236 Å². The minimum atomic E-state index is -1.22. The number of nitrogens with one attached hydrogen (secondary N) is 1. The molecule has 1 fully saturated rings. The number of hydrogen-bond donors (Lipinski definition) is 4. The van der Waals surface area contributed by atoms with Crippen molar-refractivity contribution >= 4 is 75.1 Å². The number of thioether (sulfide) groups is 2. The topological polar surface area (TPSA) is 193 Å². The SMILES string of the molecule is CCO/N=C(\C(=O)NC1C(=O)N2C(C(=O)O)=C(CSc3nc(N)cc(N(C)C)[n+]3C)CS[C@H]12)c1csc(N)n1. The van der Waals surface area contributed by atoms with Gasteiger partial charge >= 0.3 is 11.1 Å². The van der Waals surface area contributed by atoms with E-state index in [9.17, 15) is 19.5 Å². The number of carboxylic acids is 1. The number of aromatic nitrogens is 3. The van der Waals surface area contributed by atoms with Crippen LogP contribution in [0.4, 0.5) is 16.8 Å². The summed E-state index contributed by atoms with van der Waals surface area (Å²) < 4.78 is 1.86. The van der Waals surface area contributed by atoms with Crippen LogP contribution in [-0.4, -0.2) is 87.1 Å². The summed E-state index contributed by atoms with van der Waals surface area (Å²) in [6.07, 6.45) is 0. The number of thiazole rings is 1. The van der Waals surface area contributed by atoms with Crippen LogP contribution in [0.25, 0.3) is 0 Å². The number of amides is 2. The van der Waals surface area contributed by atoms with Gasteiger partial charge in [-0.25, -0.2) is 14.3 Å². The number of oxime groups is 1. The maximum absolute atomic E-state index is 13.1. The lowest BCUT2D eigenvalue weighted by Crippen LogP contribution is -2.71. The lowest BCUT2D eigenvalue weighted by atomic mass is 10.0. The number of anilines is 3. The van der Waals surface area contributed by atoms with Gasteiger partial charge in [0.05, 0.1) is 27.2 Å². The molecule has 0 radical (unpaired) electrons. The van der Waals surface area contributed by atoms with Crippen LogP contribution in [0.15, 0.2) is 33.0 Å². The summed E-state index contributed by atoms with van der Waals surface area (Å²) in [5.41, 5.74) is 12.2. The zero-order valence-corrected chi connectivity index (χ0v) is 24.0. The molecule has 2 aliphatic rings. The molecule has 0 bridgehead atoms. The van der Waals surface area contributed by atoms with Crippen LogP contribution in [-0.2, 0) is 26.3 Å². The van der Waals surface area contributed by atoms with Crippen LogP contribution in [0.2, 0.25) is 0 Å². The lowest BCUT2D eigenvalue weighted by Gasteiger charge is -2.49. The second-order valence-electron chi connectivity index (χ2n) is 8.61. The zero-order valence-electron chi connectivity index (χ0n) is 21.6. The molecule has 208 valence electrons. The van der Waals surface area contributed by atoms with E-state index in [1.165, 1.54) is 28.4 Å². The summed E-state index contributed by atoms with van der Waals surface area (Å²) in [7, 11) is 5.61. The summed E-state index contributed by atoms with van der Waals surface area (Å²) in [5, 5.41) is 18.3. The van der Waals surface area contributed by atoms with Crippen molar-refractivity contribution in [3.63, 3.8) is 0 Å². The molecule has 1 saturated heterocycles. The molecule has 2 aromatic heterocycles. The number of nitrogens with zero attached hydrogens (tertiary/aromatic N) is 6. The molecule has 0 aromatic carbocycles. The fourth-order valence-electron chi connectivity index (χ4n) is 3.99. The molecule has 2 aliphatic heterocycles. The normalized spacial score (nSPS) is 18.9. The molecule has 4 heterocycles. The van der Waals surface area contributed by atoms with Crippen molar-refractivity contribution in [2.24, 2.45) is 12.2 Å². The molecule has 4 rings (SSSR count). The van der Waals surface area contributed by atoms with Crippen molar-refractivity contribution in [3.05, 3.63) is 28.4 Å². The Morgan fingerprint density at radius 1 is 1.38 bits per heavy atom. The molecule has 17 heteroatoms. The van der Waals surface area contributed by atoms with Gasteiger partial charge in [-0.05, 0) is 24.3 Å². The van der Waals surface area contributed by atoms with E-state index in [2.05, 4.69) is 20.4 Å². The second kappa shape index (κ2) is 11.7. The number of nitrogen functional groups attached to an aromatic ring is 2. The third-order valence-corrected chi connectivity index (χ3v) is 8.90. The van der Waals surface area contributed by atoms with Crippen LogP contribution in [0, 0.1) is 0 Å². The van der Waals surface area contributed by atoms with Crippen molar-refractivity contribution in [1.29, 1.82) is 0 Å². The molecule has 0 saturated carbocycles. The smallest absolute Gasteiger partial charge is 0.352 e. The third-order valence-electron chi connectivity index (χ3n) is 5.77. The van der Waals surface area contributed by atoms with Gasteiger partial charge < -0.3 is 26.7 Å². The number of nitrogens with two attached hydrogens (primary N) is 2. The summed E-state index contributed by atoms with van der Waals surface area (Å²) in [5.74, 6) is -0.610. The molecule has 1 unspecified atom stereocenters. The summed E-state index contributed by atoms with van der Waals surface area (Å²) in [4.78, 5) is 55.0. The number of carbonyl (C=O) groups is 3. The summed E-state index contributed by atoms with van der Waals surface area (Å²) >= 11 is 3.83. The Morgan fingerprint density at radius 2 is 2.13 bits per heavy atom. The van der Waals surface area contributed by atoms with Crippen molar-refractivity contribution < 1.29 is 28.9 Å². The largest absolute Gasteiger partial charge is 0.477 e. The van der Waals surface area contributed by atoms with Gasteiger partial charge in [0, 0.05) is 16.9 Å². The highest BCUT2D eigenvalue weighted by atomic mass is 32.2. The number of aliphatic carboxylic acids is 1. The molecule has 0 aliphatic carbocycles. The molecule has 0 spiro atoms. The van der Waals surface area contributed by atoms with Crippen LogP contribution in [0.5, 0.6) is 0 Å². The van der Waals surface area contributed by atoms with Crippen molar-refractivity contribution in [2.75, 3.05) is 48.6 Å². The van der Waals surface area contributed by atoms with E-state index in [4.69, 9.17) is 16.3 Å². The fourth-order valence-corrected chi connectivity index (χ4v) is 7.01. The quantitative estimate of drug-likeness (QED) is 0.0712. The van der Waals surface area contributed by atoms with Gasteiger partial charge in [0.15, 0.2) is 10.8 Å². The van der Waals surface area contributed by atoms with Gasteiger partial charge in [0.1, 0.15) is 29.4 Å². The number of fused-ring (bicyclic) bond motifs is 1. The van der Waals surface area contributed by atoms with E-state index in [0.29, 0.717) is 22.3 Å². The van der Waals surface area contributed by atoms with Gasteiger partial charge in [0.25, 0.3) is 11.8 Å². The van der Waals surface area contributed by atoms with Gasteiger partial charge in [-0.15, -0.1) is 23.1 Å². The van der Waals surface area contributed by atoms with Gasteiger partial charge in [-0.3, -0.25) is 19.4 Å². The standard InChI is InChI=1S/C22H27N9O5S3/c1-5-36-28-14(11-9-38-21(24)25-11)17(32)27-15-18(33)31-16(20(34)35)10(7-37-19(15)31)8-39-22-26-12(23)6-13(29(2)3)30(22)4/h6,9,15,19,23H,5,7-8H2,1-4H3,(H4,24,25,27,32,34,35)/p+1/b28-14-/t15?,19-/m1/s1. The van der Waals surface area contributed by atoms with Crippen molar-refractivity contribution in [3.8, 4) is 0 Å². The average molecular weight is 595 g/mol. The predicted octanol–water partition coefficient (Wildman–Crippen LogP) is -0.135. The molecule has 6 N–H and O–H groups in total. The molecule has 14 nitrogen and oxygen atoms in total.